The van der Waals surface area contributed by atoms with Crippen molar-refractivity contribution < 1.29 is 14.7 Å². The number of aromatic nitrogens is 2. The molecule has 0 bridgehead atoms. The molecule has 21 heavy (non-hydrogen) atoms. The van der Waals surface area contributed by atoms with Crippen LogP contribution in [0.4, 0.5) is 10.5 Å². The predicted molar refractivity (Wildman–Crippen MR) is 78.4 cm³/mol. The van der Waals surface area contributed by atoms with Crippen molar-refractivity contribution >= 4 is 29.0 Å². The minimum atomic E-state index is -0.942. The summed E-state index contributed by atoms with van der Waals surface area (Å²) in [5.74, 6) is -0.942. The van der Waals surface area contributed by atoms with Crippen LogP contribution in [0, 0.1) is 0 Å². The highest BCUT2D eigenvalue weighted by atomic mass is 32.1. The number of carboxylic acid groups (broad SMARTS) is 1. The highest BCUT2D eigenvalue weighted by Gasteiger charge is 2.04. The van der Waals surface area contributed by atoms with Crippen molar-refractivity contribution in [3.05, 3.63) is 40.6 Å². The topological polar surface area (TPSA) is 104 Å². The van der Waals surface area contributed by atoms with Gasteiger partial charge in [-0.1, -0.05) is 0 Å². The van der Waals surface area contributed by atoms with Gasteiger partial charge in [0.25, 0.3) is 0 Å². The van der Waals surface area contributed by atoms with Gasteiger partial charge < -0.3 is 15.7 Å². The summed E-state index contributed by atoms with van der Waals surface area (Å²) in [7, 11) is 0. The molecule has 0 aromatic carbocycles. The van der Waals surface area contributed by atoms with E-state index in [2.05, 4.69) is 20.6 Å². The molecule has 0 spiro atoms. The van der Waals surface area contributed by atoms with Gasteiger partial charge in [-0.15, -0.1) is 11.3 Å². The first-order valence-electron chi connectivity index (χ1n) is 6.23. The smallest absolute Gasteiger partial charge is 0.319 e. The van der Waals surface area contributed by atoms with E-state index in [0.29, 0.717) is 24.3 Å². The highest BCUT2D eigenvalue weighted by molar-refractivity contribution is 7.09. The van der Waals surface area contributed by atoms with Crippen molar-refractivity contribution in [2.45, 2.75) is 12.8 Å². The standard InChI is InChI=1S/C13H14N4O3S/c18-12(19)7-9-1-2-10(8-16-9)17-13(20)15-4-3-11-14-5-6-21-11/h1-2,5-6,8H,3-4,7H2,(H,18,19)(H2,15,17,20). The number of thiazole rings is 1. The van der Waals surface area contributed by atoms with Crippen LogP contribution in [0.15, 0.2) is 29.9 Å². The van der Waals surface area contributed by atoms with E-state index >= 15 is 0 Å². The predicted octanol–water partition coefficient (Wildman–Crippen LogP) is 1.53. The van der Waals surface area contributed by atoms with E-state index in [-0.39, 0.29) is 12.5 Å². The monoisotopic (exact) mass is 306 g/mol. The highest BCUT2D eigenvalue weighted by Crippen LogP contribution is 2.07. The van der Waals surface area contributed by atoms with Crippen LogP contribution in [0.3, 0.4) is 0 Å². The van der Waals surface area contributed by atoms with E-state index in [1.807, 2.05) is 5.38 Å². The van der Waals surface area contributed by atoms with Crippen LogP contribution in [0.2, 0.25) is 0 Å². The Bertz CT molecular complexity index is 598. The first-order chi connectivity index (χ1) is 10.1. The Labute approximate surface area is 125 Å². The lowest BCUT2D eigenvalue weighted by Gasteiger charge is -2.07. The molecule has 2 aromatic rings. The second kappa shape index (κ2) is 7.34. The van der Waals surface area contributed by atoms with Crippen molar-refractivity contribution in [2.75, 3.05) is 11.9 Å². The molecule has 0 aliphatic carbocycles. The molecule has 2 amide bonds. The SMILES string of the molecule is O=C(O)Cc1ccc(NC(=O)NCCc2nccs2)cn1. The zero-order valence-electron chi connectivity index (χ0n) is 11.1. The number of carboxylic acids is 1. The number of urea groups is 1. The molecule has 0 saturated carbocycles. The largest absolute Gasteiger partial charge is 0.481 e. The Kier molecular flexibility index (Phi) is 5.22. The normalized spacial score (nSPS) is 10.1. The third-order valence-corrected chi connectivity index (χ3v) is 3.36. The first kappa shape index (κ1) is 14.9. The first-order valence-corrected chi connectivity index (χ1v) is 7.11. The number of pyridine rings is 1. The molecule has 110 valence electrons. The van der Waals surface area contributed by atoms with Crippen LogP contribution in [0.1, 0.15) is 10.7 Å². The lowest BCUT2D eigenvalue weighted by molar-refractivity contribution is -0.136. The Balaban J connectivity index is 1.75. The van der Waals surface area contributed by atoms with Crippen molar-refractivity contribution in [1.82, 2.24) is 15.3 Å². The molecule has 0 atom stereocenters. The molecule has 0 aliphatic rings. The average Bonchev–Trinajstić information content (AvgIpc) is 2.93. The molecule has 7 nitrogen and oxygen atoms in total. The van der Waals surface area contributed by atoms with E-state index in [9.17, 15) is 9.59 Å². The molecule has 8 heteroatoms. The number of nitrogens with one attached hydrogen (secondary N) is 2. The fourth-order valence-electron chi connectivity index (χ4n) is 1.59. The van der Waals surface area contributed by atoms with Crippen LogP contribution in [0.5, 0.6) is 0 Å². The molecule has 3 N–H and O–H groups in total. The van der Waals surface area contributed by atoms with Crippen LogP contribution in [-0.4, -0.2) is 33.6 Å². The van der Waals surface area contributed by atoms with Crippen molar-refractivity contribution in [3.63, 3.8) is 0 Å². The van der Waals surface area contributed by atoms with E-state index in [0.717, 1.165) is 5.01 Å². The molecule has 0 aliphatic heterocycles. The summed E-state index contributed by atoms with van der Waals surface area (Å²) >= 11 is 1.54. The fraction of sp³-hybridized carbons (Fsp3) is 0.231. The molecule has 0 fully saturated rings. The van der Waals surface area contributed by atoms with E-state index in [1.54, 1.807) is 29.7 Å². The maximum atomic E-state index is 11.6. The molecule has 2 aromatic heterocycles. The summed E-state index contributed by atoms with van der Waals surface area (Å²) in [6.07, 6.45) is 3.70. The second-order valence-corrected chi connectivity index (χ2v) is 5.14. The van der Waals surface area contributed by atoms with Gasteiger partial charge >= 0.3 is 12.0 Å². The lowest BCUT2D eigenvalue weighted by atomic mass is 10.2. The van der Waals surface area contributed by atoms with E-state index in [4.69, 9.17) is 5.11 Å². The van der Waals surface area contributed by atoms with Gasteiger partial charge in [0.1, 0.15) is 0 Å². The Hall–Kier alpha value is -2.48. The van der Waals surface area contributed by atoms with Crippen LogP contribution in [-0.2, 0) is 17.6 Å². The molecular weight excluding hydrogens is 292 g/mol. The minimum absolute atomic E-state index is 0.139. The number of hydrogen-bond donors (Lipinski definition) is 3. The number of rotatable bonds is 6. The van der Waals surface area contributed by atoms with Crippen LogP contribution < -0.4 is 10.6 Å². The van der Waals surface area contributed by atoms with Crippen LogP contribution >= 0.6 is 11.3 Å². The number of aliphatic carboxylic acids is 1. The minimum Gasteiger partial charge on any atom is -0.481 e. The Morgan fingerprint density at radius 2 is 2.14 bits per heavy atom. The zero-order chi connectivity index (χ0) is 15.1. The van der Waals surface area contributed by atoms with Gasteiger partial charge in [-0.05, 0) is 12.1 Å². The van der Waals surface area contributed by atoms with Crippen LogP contribution in [0.25, 0.3) is 0 Å². The fourth-order valence-corrected chi connectivity index (χ4v) is 2.21. The number of anilines is 1. The second-order valence-electron chi connectivity index (χ2n) is 4.17. The van der Waals surface area contributed by atoms with Gasteiger partial charge in [0.2, 0.25) is 0 Å². The van der Waals surface area contributed by atoms with Crippen molar-refractivity contribution in [3.8, 4) is 0 Å². The third kappa shape index (κ3) is 5.19. The summed E-state index contributed by atoms with van der Waals surface area (Å²) < 4.78 is 0. The van der Waals surface area contributed by atoms with Gasteiger partial charge in [-0.25, -0.2) is 9.78 Å². The van der Waals surface area contributed by atoms with E-state index < -0.39 is 5.97 Å². The number of carbonyl (C=O) groups is 2. The molecule has 2 heterocycles. The number of hydrogen-bond acceptors (Lipinski definition) is 5. The molecule has 2 rings (SSSR count). The quantitative estimate of drug-likeness (QED) is 0.750. The number of amides is 2. The van der Waals surface area contributed by atoms with Gasteiger partial charge in [-0.3, -0.25) is 9.78 Å². The average molecular weight is 306 g/mol. The molecule has 0 radical (unpaired) electrons. The van der Waals surface area contributed by atoms with Gasteiger partial charge in [-0.2, -0.15) is 0 Å². The van der Waals surface area contributed by atoms with Gasteiger partial charge in [0, 0.05) is 24.5 Å². The summed E-state index contributed by atoms with van der Waals surface area (Å²) in [5.41, 5.74) is 0.952. The van der Waals surface area contributed by atoms with Crippen molar-refractivity contribution in [1.29, 1.82) is 0 Å². The van der Waals surface area contributed by atoms with Crippen molar-refractivity contribution in [2.24, 2.45) is 0 Å². The zero-order valence-corrected chi connectivity index (χ0v) is 11.9. The summed E-state index contributed by atoms with van der Waals surface area (Å²) in [4.78, 5) is 30.2. The lowest BCUT2D eigenvalue weighted by Crippen LogP contribution is -2.30. The molecule has 0 unspecified atom stereocenters. The summed E-state index contributed by atoms with van der Waals surface area (Å²) in [6, 6.07) is 2.85. The maximum Gasteiger partial charge on any atom is 0.319 e. The Morgan fingerprint density at radius 1 is 1.29 bits per heavy atom. The number of nitrogens with zero attached hydrogens (tertiary/aromatic N) is 2. The third-order valence-electron chi connectivity index (χ3n) is 2.52. The Morgan fingerprint density at radius 3 is 2.76 bits per heavy atom. The summed E-state index contributed by atoms with van der Waals surface area (Å²) in [5, 5.41) is 16.8. The summed E-state index contributed by atoms with van der Waals surface area (Å²) in [6.45, 7) is 0.490. The van der Waals surface area contributed by atoms with E-state index in [1.165, 1.54) is 6.20 Å². The number of carbonyl (C=O) groups excluding carboxylic acids is 1. The molecular formula is C13H14N4O3S. The van der Waals surface area contributed by atoms with Gasteiger partial charge in [0.15, 0.2) is 0 Å². The molecule has 0 saturated heterocycles. The maximum absolute atomic E-state index is 11.6. The van der Waals surface area contributed by atoms with Gasteiger partial charge in [0.05, 0.1) is 29.0 Å².